The molecule has 1 atom stereocenters. The van der Waals surface area contributed by atoms with E-state index in [-0.39, 0.29) is 0 Å². The van der Waals surface area contributed by atoms with Gasteiger partial charge in [0.2, 0.25) is 0 Å². The summed E-state index contributed by atoms with van der Waals surface area (Å²) in [7, 11) is 0. The lowest BCUT2D eigenvalue weighted by atomic mass is 9.84. The lowest BCUT2D eigenvalue weighted by Crippen LogP contribution is -2.02. The molecule has 4 aromatic carbocycles. The number of pyridine rings is 1. The van der Waals surface area contributed by atoms with E-state index in [4.69, 9.17) is 0 Å². The van der Waals surface area contributed by atoms with Crippen molar-refractivity contribution in [2.24, 2.45) is 0 Å². The minimum Gasteiger partial charge on any atom is -0.265 e. The van der Waals surface area contributed by atoms with Gasteiger partial charge in [0.1, 0.15) is 0 Å². The summed E-state index contributed by atoms with van der Waals surface area (Å²) in [6.07, 6.45) is 24.0. The molecule has 1 aromatic heterocycles. The van der Waals surface area contributed by atoms with Crippen molar-refractivity contribution in [3.05, 3.63) is 180 Å². The summed E-state index contributed by atoms with van der Waals surface area (Å²) in [5.41, 5.74) is 11.0. The van der Waals surface area contributed by atoms with E-state index in [1.807, 2.05) is 24.5 Å². The van der Waals surface area contributed by atoms with Gasteiger partial charge in [0, 0.05) is 18.3 Å². The van der Waals surface area contributed by atoms with Crippen LogP contribution in [0.5, 0.6) is 0 Å². The third-order valence-corrected chi connectivity index (χ3v) is 8.55. The smallest absolute Gasteiger partial charge is 0.0270 e. The lowest BCUT2D eigenvalue weighted by Gasteiger charge is -2.20. The van der Waals surface area contributed by atoms with Crippen molar-refractivity contribution < 1.29 is 0 Å². The Morgan fingerprint density at radius 3 is 2.16 bits per heavy atom. The molecule has 1 aliphatic carbocycles. The van der Waals surface area contributed by atoms with Gasteiger partial charge in [-0.2, -0.15) is 0 Å². The summed E-state index contributed by atoms with van der Waals surface area (Å²) in [6, 6.07) is 28.6. The van der Waals surface area contributed by atoms with Gasteiger partial charge in [0.05, 0.1) is 0 Å². The Morgan fingerprint density at radius 2 is 1.52 bits per heavy atom. The second-order valence-corrected chi connectivity index (χ2v) is 11.2. The first kappa shape index (κ1) is 28.8. The van der Waals surface area contributed by atoms with Crippen LogP contribution in [-0.2, 0) is 0 Å². The molecule has 0 saturated heterocycles. The quantitative estimate of drug-likeness (QED) is 0.134. The number of nitrogens with zero attached hydrogens (tertiary/aromatic N) is 1. The van der Waals surface area contributed by atoms with Crippen molar-refractivity contribution in [2.45, 2.75) is 26.2 Å². The Hall–Kier alpha value is -5.27. The monoisotopic (exact) mass is 567 g/mol. The van der Waals surface area contributed by atoms with E-state index in [0.29, 0.717) is 5.92 Å². The number of fused-ring (bicyclic) bond motifs is 2. The third-order valence-electron chi connectivity index (χ3n) is 8.55. The molecular weight excluding hydrogens is 530 g/mol. The molecule has 0 aliphatic heterocycles. The van der Waals surface area contributed by atoms with E-state index in [2.05, 4.69) is 153 Å². The molecule has 0 fully saturated rings. The van der Waals surface area contributed by atoms with Crippen LogP contribution in [0.4, 0.5) is 0 Å². The first-order valence-corrected chi connectivity index (χ1v) is 15.2. The van der Waals surface area contributed by atoms with Gasteiger partial charge in [-0.25, -0.2) is 0 Å². The van der Waals surface area contributed by atoms with Gasteiger partial charge in [-0.15, -0.1) is 0 Å². The fraction of sp³-hybridized carbons (Fsp3) is 0.0930. The molecular formula is C43H37N. The zero-order valence-electron chi connectivity index (χ0n) is 25.5. The van der Waals surface area contributed by atoms with Gasteiger partial charge in [0.25, 0.3) is 0 Å². The highest BCUT2D eigenvalue weighted by Gasteiger charge is 2.18. The molecule has 0 amide bonds. The second-order valence-electron chi connectivity index (χ2n) is 11.2. The van der Waals surface area contributed by atoms with Gasteiger partial charge in [0.15, 0.2) is 0 Å². The molecule has 44 heavy (non-hydrogen) atoms. The van der Waals surface area contributed by atoms with Crippen LogP contribution < -0.4 is 0 Å². The van der Waals surface area contributed by atoms with E-state index in [1.54, 1.807) is 0 Å². The van der Waals surface area contributed by atoms with Crippen molar-refractivity contribution in [1.29, 1.82) is 0 Å². The summed E-state index contributed by atoms with van der Waals surface area (Å²) in [4.78, 5) is 4.20. The average molecular weight is 568 g/mol. The Bertz CT molecular complexity index is 1970. The van der Waals surface area contributed by atoms with Crippen molar-refractivity contribution >= 4 is 39.3 Å². The molecule has 5 aromatic rings. The molecule has 0 spiro atoms. The van der Waals surface area contributed by atoms with E-state index >= 15 is 0 Å². The van der Waals surface area contributed by atoms with Crippen LogP contribution in [0.15, 0.2) is 158 Å². The summed E-state index contributed by atoms with van der Waals surface area (Å²) >= 11 is 0. The van der Waals surface area contributed by atoms with Crippen molar-refractivity contribution in [1.82, 2.24) is 4.98 Å². The minimum atomic E-state index is 0.352. The predicted molar refractivity (Wildman–Crippen MR) is 192 cm³/mol. The summed E-state index contributed by atoms with van der Waals surface area (Å²) in [6.45, 7) is 12.4. The number of aromatic nitrogens is 1. The van der Waals surface area contributed by atoms with E-state index < -0.39 is 0 Å². The zero-order valence-corrected chi connectivity index (χ0v) is 25.5. The van der Waals surface area contributed by atoms with Crippen molar-refractivity contribution in [3.8, 4) is 11.1 Å². The Kier molecular flexibility index (Phi) is 8.48. The maximum atomic E-state index is 4.20. The lowest BCUT2D eigenvalue weighted by molar-refractivity contribution is 0.817. The van der Waals surface area contributed by atoms with Crippen LogP contribution in [0, 0.1) is 0 Å². The van der Waals surface area contributed by atoms with E-state index in [0.717, 1.165) is 17.6 Å². The van der Waals surface area contributed by atoms with E-state index in [1.165, 1.54) is 60.5 Å². The van der Waals surface area contributed by atoms with Crippen LogP contribution in [0.25, 0.3) is 50.4 Å². The fourth-order valence-corrected chi connectivity index (χ4v) is 6.46. The summed E-state index contributed by atoms with van der Waals surface area (Å²) in [5.74, 6) is 0.352. The topological polar surface area (TPSA) is 12.9 Å². The normalized spacial score (nSPS) is 15.6. The standard InChI is InChI=1S/C43H37N/c1-5-13-33(14-6-2)42-38-17-8-10-19-40(38)43(41-20-11-9-18-39(41)42)36-22-21-31(7-3)37(29-36)27-30(4)34-15-12-16-35(28-34)32-23-25-44-26-24-32/h5-27,29,35H,1,3,28H2,2,4H3/b14-6-,30-27+,33-13+. The number of hydrogen-bond donors (Lipinski definition) is 0. The number of allylic oxidation sites excluding steroid dienone is 10. The summed E-state index contributed by atoms with van der Waals surface area (Å²) in [5, 5.41) is 4.93. The number of benzene rings is 4. The molecule has 0 bridgehead atoms. The Labute approximate surface area is 261 Å². The second kappa shape index (κ2) is 12.9. The van der Waals surface area contributed by atoms with Crippen molar-refractivity contribution in [3.63, 3.8) is 0 Å². The minimum absolute atomic E-state index is 0.352. The summed E-state index contributed by atoms with van der Waals surface area (Å²) < 4.78 is 0. The Morgan fingerprint density at radius 1 is 0.841 bits per heavy atom. The van der Waals surface area contributed by atoms with Crippen LogP contribution in [0.3, 0.4) is 0 Å². The molecule has 1 unspecified atom stereocenters. The highest BCUT2D eigenvalue weighted by atomic mass is 14.6. The van der Waals surface area contributed by atoms with Crippen LogP contribution in [0.2, 0.25) is 0 Å². The predicted octanol–water partition coefficient (Wildman–Crippen LogP) is 11.9. The molecule has 1 heteroatoms. The average Bonchev–Trinajstić information content (AvgIpc) is 3.07. The molecule has 0 saturated carbocycles. The van der Waals surface area contributed by atoms with Crippen LogP contribution in [0.1, 0.15) is 48.4 Å². The zero-order chi connectivity index (χ0) is 30.5. The first-order chi connectivity index (χ1) is 21.6. The van der Waals surface area contributed by atoms with Gasteiger partial charge < -0.3 is 0 Å². The van der Waals surface area contributed by atoms with Gasteiger partial charge in [-0.3, -0.25) is 4.98 Å². The largest absolute Gasteiger partial charge is 0.265 e. The fourth-order valence-electron chi connectivity index (χ4n) is 6.46. The van der Waals surface area contributed by atoms with Gasteiger partial charge in [-0.05, 0) is 110 Å². The third kappa shape index (κ3) is 5.57. The molecule has 6 rings (SSSR count). The molecule has 0 radical (unpaired) electrons. The molecule has 1 nitrogen and oxygen atoms in total. The van der Waals surface area contributed by atoms with Crippen LogP contribution >= 0.6 is 0 Å². The van der Waals surface area contributed by atoms with Gasteiger partial charge >= 0.3 is 0 Å². The van der Waals surface area contributed by atoms with Gasteiger partial charge in [-0.1, -0.05) is 129 Å². The van der Waals surface area contributed by atoms with Crippen molar-refractivity contribution in [2.75, 3.05) is 0 Å². The Balaban J connectivity index is 1.51. The first-order valence-electron chi connectivity index (χ1n) is 15.2. The molecule has 1 heterocycles. The SMILES string of the molecule is C=C/C=C(\C=C/C)c1c2ccccc2c(-c2ccc(C=C)c(/C=C(\C)C3=CC=CC(c4ccncc4)C3)c2)c2ccccc12. The molecule has 0 N–H and O–H groups in total. The van der Waals surface area contributed by atoms with Crippen LogP contribution in [-0.4, -0.2) is 4.98 Å². The van der Waals surface area contributed by atoms with E-state index in [9.17, 15) is 0 Å². The highest BCUT2D eigenvalue weighted by Crippen LogP contribution is 2.43. The highest BCUT2D eigenvalue weighted by molar-refractivity contribution is 6.19. The molecule has 1 aliphatic rings. The maximum Gasteiger partial charge on any atom is 0.0270 e. The number of rotatable bonds is 8. The number of hydrogen-bond acceptors (Lipinski definition) is 1. The molecule has 214 valence electrons. The maximum absolute atomic E-state index is 4.20.